The van der Waals surface area contributed by atoms with Gasteiger partial charge < -0.3 is 10.1 Å². The van der Waals surface area contributed by atoms with E-state index in [0.717, 1.165) is 12.3 Å². The Morgan fingerprint density at radius 1 is 1.39 bits per heavy atom. The molecular weight excluding hydrogens is 401 g/mol. The standard InChI is InChI=1S/C16H17F3N4O4S/c1-10-6-13(23(22-10)12-4-5-28(25,26)8-12)21-15(24)11-2-3-14(20-7-11)27-9-16(17,18)19/h2-3,6-7,12H,4-5,8-9H2,1H3,(H,21,24). The molecule has 12 heteroatoms. The van der Waals surface area contributed by atoms with Crippen LogP contribution >= 0.6 is 0 Å². The van der Waals surface area contributed by atoms with Crippen molar-refractivity contribution in [3.8, 4) is 5.88 Å². The number of ether oxygens (including phenoxy) is 1. The van der Waals surface area contributed by atoms with Crippen LogP contribution in [-0.2, 0) is 9.84 Å². The minimum atomic E-state index is -4.48. The van der Waals surface area contributed by atoms with E-state index in [4.69, 9.17) is 0 Å². The number of sulfone groups is 1. The number of rotatable bonds is 5. The van der Waals surface area contributed by atoms with E-state index in [9.17, 15) is 26.4 Å². The first-order valence-corrected chi connectivity index (χ1v) is 10.1. The van der Waals surface area contributed by atoms with Crippen molar-refractivity contribution >= 4 is 21.6 Å². The molecule has 2 aromatic heterocycles. The van der Waals surface area contributed by atoms with Crippen LogP contribution in [-0.4, -0.2) is 53.4 Å². The molecule has 3 rings (SSSR count). The summed E-state index contributed by atoms with van der Waals surface area (Å²) in [6, 6.07) is 3.68. The molecule has 1 fully saturated rings. The summed E-state index contributed by atoms with van der Waals surface area (Å²) in [7, 11) is -3.13. The second-order valence-electron chi connectivity index (χ2n) is 6.42. The number of aryl methyl sites for hydroxylation is 1. The first kappa shape index (κ1) is 20.1. The van der Waals surface area contributed by atoms with Crippen LogP contribution in [0.15, 0.2) is 24.4 Å². The van der Waals surface area contributed by atoms with E-state index < -0.39 is 28.5 Å². The molecule has 0 saturated carbocycles. The molecule has 28 heavy (non-hydrogen) atoms. The van der Waals surface area contributed by atoms with Crippen LogP contribution < -0.4 is 10.1 Å². The molecule has 2 aromatic rings. The highest BCUT2D eigenvalue weighted by Gasteiger charge is 2.31. The summed E-state index contributed by atoms with van der Waals surface area (Å²) in [6.07, 6.45) is -2.99. The highest BCUT2D eigenvalue weighted by molar-refractivity contribution is 7.91. The number of aromatic nitrogens is 3. The van der Waals surface area contributed by atoms with Gasteiger partial charge in [-0.25, -0.2) is 18.1 Å². The first-order valence-electron chi connectivity index (χ1n) is 8.26. The SMILES string of the molecule is Cc1cc(NC(=O)c2ccc(OCC(F)(F)F)nc2)n(C2CCS(=O)(=O)C2)n1. The topological polar surface area (TPSA) is 103 Å². The second kappa shape index (κ2) is 7.41. The Kier molecular flexibility index (Phi) is 5.33. The molecule has 1 aliphatic rings. The molecular formula is C16H17F3N4O4S. The van der Waals surface area contributed by atoms with Crippen molar-refractivity contribution in [2.45, 2.75) is 25.6 Å². The van der Waals surface area contributed by atoms with Crippen molar-refractivity contribution in [3.05, 3.63) is 35.7 Å². The third-order valence-electron chi connectivity index (χ3n) is 4.04. The van der Waals surface area contributed by atoms with Gasteiger partial charge in [0.15, 0.2) is 16.4 Å². The maximum atomic E-state index is 12.4. The van der Waals surface area contributed by atoms with Gasteiger partial charge in [-0.15, -0.1) is 0 Å². The van der Waals surface area contributed by atoms with Crippen LogP contribution in [0.2, 0.25) is 0 Å². The Morgan fingerprint density at radius 2 is 2.14 bits per heavy atom. The average molecular weight is 418 g/mol. The van der Waals surface area contributed by atoms with Gasteiger partial charge in [-0.1, -0.05) is 0 Å². The van der Waals surface area contributed by atoms with Crippen LogP contribution in [0.3, 0.4) is 0 Å². The smallest absolute Gasteiger partial charge is 0.422 e. The summed E-state index contributed by atoms with van der Waals surface area (Å²) >= 11 is 0. The van der Waals surface area contributed by atoms with E-state index in [1.807, 2.05) is 0 Å². The monoisotopic (exact) mass is 418 g/mol. The van der Waals surface area contributed by atoms with Crippen LogP contribution in [0.1, 0.15) is 28.5 Å². The number of hydrogen-bond acceptors (Lipinski definition) is 6. The molecule has 0 bridgehead atoms. The molecule has 3 heterocycles. The van der Waals surface area contributed by atoms with Crippen LogP contribution in [0, 0.1) is 6.92 Å². The van der Waals surface area contributed by atoms with E-state index >= 15 is 0 Å². The molecule has 1 aliphatic heterocycles. The summed E-state index contributed by atoms with van der Waals surface area (Å²) in [4.78, 5) is 16.1. The van der Waals surface area contributed by atoms with Crippen molar-refractivity contribution < 1.29 is 31.1 Å². The number of amides is 1. The third-order valence-corrected chi connectivity index (χ3v) is 5.79. The number of alkyl halides is 3. The lowest BCUT2D eigenvalue weighted by atomic mass is 10.2. The number of carbonyl (C=O) groups is 1. The molecule has 0 aromatic carbocycles. The van der Waals surface area contributed by atoms with Gasteiger partial charge in [0.05, 0.1) is 28.8 Å². The quantitative estimate of drug-likeness (QED) is 0.798. The number of anilines is 1. The van der Waals surface area contributed by atoms with Crippen molar-refractivity contribution in [1.82, 2.24) is 14.8 Å². The maximum Gasteiger partial charge on any atom is 0.422 e. The van der Waals surface area contributed by atoms with Crippen molar-refractivity contribution in [2.75, 3.05) is 23.4 Å². The van der Waals surface area contributed by atoms with Crippen LogP contribution in [0.5, 0.6) is 5.88 Å². The summed E-state index contributed by atoms with van der Waals surface area (Å²) in [5, 5.41) is 6.90. The Hall–Kier alpha value is -2.63. The van der Waals surface area contributed by atoms with Crippen molar-refractivity contribution in [1.29, 1.82) is 0 Å². The largest absolute Gasteiger partial charge is 0.468 e. The molecule has 1 atom stereocenters. The molecule has 0 spiro atoms. The number of halogens is 3. The number of pyridine rings is 1. The van der Waals surface area contributed by atoms with Crippen molar-refractivity contribution in [2.24, 2.45) is 0 Å². The summed E-state index contributed by atoms with van der Waals surface area (Å²) < 4.78 is 65.8. The highest BCUT2D eigenvalue weighted by atomic mass is 32.2. The summed E-state index contributed by atoms with van der Waals surface area (Å²) in [6.45, 7) is 0.234. The lowest BCUT2D eigenvalue weighted by Crippen LogP contribution is -2.20. The zero-order valence-corrected chi connectivity index (χ0v) is 15.5. The number of nitrogens with one attached hydrogen (secondary N) is 1. The van der Waals surface area contributed by atoms with E-state index in [2.05, 4.69) is 20.1 Å². The zero-order valence-electron chi connectivity index (χ0n) is 14.7. The predicted octanol–water partition coefficient (Wildman–Crippen LogP) is 2.14. The van der Waals surface area contributed by atoms with Gasteiger partial charge in [0.2, 0.25) is 5.88 Å². The lowest BCUT2D eigenvalue weighted by Gasteiger charge is -2.14. The number of nitrogens with zero attached hydrogens (tertiary/aromatic N) is 3. The molecule has 152 valence electrons. The van der Waals surface area contributed by atoms with E-state index in [0.29, 0.717) is 17.9 Å². The Morgan fingerprint density at radius 3 is 2.71 bits per heavy atom. The van der Waals surface area contributed by atoms with Gasteiger partial charge in [-0.05, 0) is 19.4 Å². The normalized spacial score (nSPS) is 18.8. The fourth-order valence-electron chi connectivity index (χ4n) is 2.80. The van der Waals surface area contributed by atoms with Gasteiger partial charge in [-0.2, -0.15) is 18.3 Å². The Labute approximate surface area is 158 Å². The first-order chi connectivity index (χ1) is 13.0. The molecule has 8 nitrogen and oxygen atoms in total. The molecule has 0 aliphatic carbocycles. The minimum absolute atomic E-state index is 0.0518. The van der Waals surface area contributed by atoms with Gasteiger partial charge in [-0.3, -0.25) is 4.79 Å². The van der Waals surface area contributed by atoms with Crippen molar-refractivity contribution in [3.63, 3.8) is 0 Å². The lowest BCUT2D eigenvalue weighted by molar-refractivity contribution is -0.154. The van der Waals surface area contributed by atoms with E-state index in [1.54, 1.807) is 13.0 Å². The number of hydrogen-bond donors (Lipinski definition) is 1. The van der Waals surface area contributed by atoms with Crippen LogP contribution in [0.25, 0.3) is 0 Å². The minimum Gasteiger partial charge on any atom is -0.468 e. The molecule has 1 amide bonds. The van der Waals surface area contributed by atoms with E-state index in [1.165, 1.54) is 10.7 Å². The summed E-state index contributed by atoms with van der Waals surface area (Å²) in [5.41, 5.74) is 0.706. The third kappa shape index (κ3) is 5.00. The Balaban J connectivity index is 1.70. The highest BCUT2D eigenvalue weighted by Crippen LogP contribution is 2.27. The van der Waals surface area contributed by atoms with E-state index in [-0.39, 0.29) is 29.0 Å². The van der Waals surface area contributed by atoms with Gasteiger partial charge in [0.25, 0.3) is 5.91 Å². The maximum absolute atomic E-state index is 12.4. The molecule has 1 saturated heterocycles. The predicted molar refractivity (Wildman–Crippen MR) is 93.0 cm³/mol. The molecule has 0 radical (unpaired) electrons. The fourth-order valence-corrected chi connectivity index (χ4v) is 4.49. The molecule has 1 unspecified atom stereocenters. The zero-order chi connectivity index (χ0) is 20.5. The molecule has 1 N–H and O–H groups in total. The average Bonchev–Trinajstić information content (AvgIpc) is 3.14. The summed E-state index contributed by atoms with van der Waals surface area (Å²) in [5.74, 6) is -0.471. The fraction of sp³-hybridized carbons (Fsp3) is 0.438. The van der Waals surface area contributed by atoms with Gasteiger partial charge in [0, 0.05) is 18.3 Å². The van der Waals surface area contributed by atoms with Gasteiger partial charge >= 0.3 is 6.18 Å². The second-order valence-corrected chi connectivity index (χ2v) is 8.64. The van der Waals surface area contributed by atoms with Crippen LogP contribution in [0.4, 0.5) is 19.0 Å². The Bertz CT molecular complexity index is 971. The number of carbonyl (C=O) groups excluding carboxylic acids is 1. The van der Waals surface area contributed by atoms with Gasteiger partial charge in [0.1, 0.15) is 5.82 Å².